The van der Waals surface area contributed by atoms with Crippen molar-refractivity contribution in [1.82, 2.24) is 0 Å². The summed E-state index contributed by atoms with van der Waals surface area (Å²) < 4.78 is 34.2. The smallest absolute Gasteiger partial charge is 0.306 e. The summed E-state index contributed by atoms with van der Waals surface area (Å²) in [6.45, 7) is 4.29. The maximum absolute atomic E-state index is 12.8. The van der Waals surface area contributed by atoms with E-state index in [1.165, 1.54) is 250 Å². The van der Waals surface area contributed by atoms with Crippen molar-refractivity contribution in [2.75, 3.05) is 47.5 Å². The Hall–Kier alpha value is -1.25. The summed E-state index contributed by atoms with van der Waals surface area (Å²) in [6.07, 6.45) is 62.8. The highest BCUT2D eigenvalue weighted by molar-refractivity contribution is 7.45. The molecule has 0 fully saturated rings. The van der Waals surface area contributed by atoms with Crippen molar-refractivity contribution in [2.45, 2.75) is 322 Å². The van der Waals surface area contributed by atoms with Crippen LogP contribution in [0.4, 0.5) is 0 Å². The van der Waals surface area contributed by atoms with Gasteiger partial charge in [-0.15, -0.1) is 0 Å². The van der Waals surface area contributed by atoms with Crippen molar-refractivity contribution in [3.05, 3.63) is 12.2 Å². The molecule has 0 bridgehead atoms. The van der Waals surface area contributed by atoms with Gasteiger partial charge in [-0.3, -0.25) is 14.2 Å². The summed E-state index contributed by atoms with van der Waals surface area (Å²) in [6, 6.07) is 0. The van der Waals surface area contributed by atoms with Crippen LogP contribution in [0.5, 0.6) is 0 Å². The molecule has 0 aromatic carbocycles. The van der Waals surface area contributed by atoms with Gasteiger partial charge in [-0.2, -0.15) is 0 Å². The number of quaternary nitrogens is 1. The largest absolute Gasteiger partial charge is 0.756 e. The molecule has 422 valence electrons. The fourth-order valence-electron chi connectivity index (χ4n) is 9.24. The molecule has 0 rings (SSSR count). The van der Waals surface area contributed by atoms with E-state index in [2.05, 4.69) is 26.0 Å². The Morgan fingerprint density at radius 2 is 0.718 bits per heavy atom. The lowest BCUT2D eigenvalue weighted by Crippen LogP contribution is -2.37. The van der Waals surface area contributed by atoms with E-state index < -0.39 is 26.5 Å². The molecule has 0 amide bonds. The van der Waals surface area contributed by atoms with E-state index in [1.54, 1.807) is 0 Å². The van der Waals surface area contributed by atoms with Crippen LogP contribution in [-0.4, -0.2) is 70.0 Å². The highest BCUT2D eigenvalue weighted by Crippen LogP contribution is 2.38. The highest BCUT2D eigenvalue weighted by Gasteiger charge is 2.22. The number of hydrogen-bond donors (Lipinski definition) is 0. The van der Waals surface area contributed by atoms with Crippen molar-refractivity contribution in [3.8, 4) is 0 Å². The lowest BCUT2D eigenvalue weighted by molar-refractivity contribution is -0.870. The molecule has 71 heavy (non-hydrogen) atoms. The molecule has 9 nitrogen and oxygen atoms in total. The van der Waals surface area contributed by atoms with Crippen LogP contribution >= 0.6 is 7.82 Å². The maximum Gasteiger partial charge on any atom is 0.306 e. The number of nitrogens with zero attached hydrogens (tertiary/aromatic N) is 1. The molecule has 10 heteroatoms. The molecule has 0 spiro atoms. The molecule has 0 heterocycles. The third-order valence-electron chi connectivity index (χ3n) is 14.0. The molecule has 0 aliphatic heterocycles. The second-order valence-electron chi connectivity index (χ2n) is 22.4. The molecule has 0 aliphatic carbocycles. The predicted octanol–water partition coefficient (Wildman–Crippen LogP) is 18.6. The zero-order chi connectivity index (χ0) is 52.0. The minimum absolute atomic E-state index is 0.0261. The van der Waals surface area contributed by atoms with Gasteiger partial charge in [-0.25, -0.2) is 0 Å². The zero-order valence-electron chi connectivity index (χ0n) is 48.0. The SMILES string of the molecule is CCCCCCCCCC/C=C\CCCCCCCCCCCCCCCCCCCCCCCC(=O)OC(COC(=O)CCCCCCCCCCCCCCCC)COP(=O)([O-])OCC[N+](C)(C)C. The Labute approximate surface area is 441 Å². The summed E-state index contributed by atoms with van der Waals surface area (Å²) in [4.78, 5) is 37.8. The second kappa shape index (κ2) is 53.6. The van der Waals surface area contributed by atoms with E-state index in [9.17, 15) is 19.0 Å². The first kappa shape index (κ1) is 69.8. The Balaban J connectivity index is 3.95. The van der Waals surface area contributed by atoms with Crippen molar-refractivity contribution in [2.24, 2.45) is 0 Å². The molecular formula is C61H120NO8P. The van der Waals surface area contributed by atoms with Crippen LogP contribution in [0.25, 0.3) is 0 Å². The fraction of sp³-hybridized carbons (Fsp3) is 0.934. The third kappa shape index (κ3) is 57.9. The first-order chi connectivity index (χ1) is 34.5. The number of likely N-dealkylation sites (N-methyl/N-ethyl adjacent to an activating group) is 1. The molecule has 0 aromatic rings. The van der Waals surface area contributed by atoms with Gasteiger partial charge in [0.2, 0.25) is 0 Å². The first-order valence-electron chi connectivity index (χ1n) is 30.9. The van der Waals surface area contributed by atoms with Crippen LogP contribution in [0.3, 0.4) is 0 Å². The summed E-state index contributed by atoms with van der Waals surface area (Å²) in [5, 5.41) is 0. The standard InChI is InChI=1S/C61H120NO8P/c1-6-8-10-12-14-16-18-20-22-23-24-25-26-27-28-29-30-31-32-33-34-35-36-37-38-39-40-42-44-46-48-50-52-54-61(64)70-59(58-69-71(65,66)68-56-55-62(3,4)5)57-67-60(63)53-51-49-47-45-43-41-21-19-17-15-13-11-9-7-2/h23-24,59H,6-22,25-58H2,1-5H3/b24-23-. The number of rotatable bonds is 58. The fourth-order valence-corrected chi connectivity index (χ4v) is 9.97. The number of phosphoric acid groups is 1. The molecule has 0 N–H and O–H groups in total. The Kier molecular flexibility index (Phi) is 52.6. The number of hydrogen-bond acceptors (Lipinski definition) is 8. The number of allylic oxidation sites excluding steroid dienone is 2. The van der Waals surface area contributed by atoms with E-state index >= 15 is 0 Å². The normalized spacial score (nSPS) is 13.3. The third-order valence-corrected chi connectivity index (χ3v) is 15.0. The van der Waals surface area contributed by atoms with Crippen LogP contribution in [0, 0.1) is 0 Å². The van der Waals surface area contributed by atoms with Crippen LogP contribution in [0.1, 0.15) is 316 Å². The highest BCUT2D eigenvalue weighted by atomic mass is 31.2. The van der Waals surface area contributed by atoms with Crippen molar-refractivity contribution in [3.63, 3.8) is 0 Å². The molecule has 0 saturated carbocycles. The topological polar surface area (TPSA) is 111 Å². The lowest BCUT2D eigenvalue weighted by atomic mass is 10.0. The van der Waals surface area contributed by atoms with Gasteiger partial charge in [-0.05, 0) is 38.5 Å². The monoisotopic (exact) mass is 1030 g/mol. The number of carbonyl (C=O) groups excluding carboxylic acids is 2. The number of esters is 2. The van der Waals surface area contributed by atoms with Gasteiger partial charge in [0, 0.05) is 12.8 Å². The minimum atomic E-state index is -4.63. The lowest BCUT2D eigenvalue weighted by Gasteiger charge is -2.28. The van der Waals surface area contributed by atoms with Gasteiger partial charge in [0.25, 0.3) is 7.82 Å². The van der Waals surface area contributed by atoms with E-state index in [4.69, 9.17) is 18.5 Å². The summed E-state index contributed by atoms with van der Waals surface area (Å²) >= 11 is 0. The van der Waals surface area contributed by atoms with Crippen LogP contribution in [-0.2, 0) is 32.7 Å². The summed E-state index contributed by atoms with van der Waals surface area (Å²) in [5.41, 5.74) is 0. The molecular weight excluding hydrogens is 906 g/mol. The quantitative estimate of drug-likeness (QED) is 0.0195. The predicted molar refractivity (Wildman–Crippen MR) is 301 cm³/mol. The second-order valence-corrected chi connectivity index (χ2v) is 23.8. The molecule has 2 unspecified atom stereocenters. The van der Waals surface area contributed by atoms with Crippen molar-refractivity contribution in [1.29, 1.82) is 0 Å². The number of unbranched alkanes of at least 4 members (excludes halogenated alkanes) is 42. The van der Waals surface area contributed by atoms with Crippen LogP contribution < -0.4 is 4.89 Å². The molecule has 0 aliphatic rings. The molecule has 0 radical (unpaired) electrons. The Morgan fingerprint density at radius 1 is 0.423 bits per heavy atom. The number of phosphoric ester groups is 1. The van der Waals surface area contributed by atoms with Crippen LogP contribution in [0.15, 0.2) is 12.2 Å². The molecule has 0 aromatic heterocycles. The summed E-state index contributed by atoms with van der Waals surface area (Å²) in [7, 11) is 1.19. The molecule has 2 atom stereocenters. The van der Waals surface area contributed by atoms with E-state index in [-0.39, 0.29) is 32.0 Å². The minimum Gasteiger partial charge on any atom is -0.756 e. The van der Waals surface area contributed by atoms with E-state index in [0.717, 1.165) is 32.1 Å². The zero-order valence-corrected chi connectivity index (χ0v) is 48.8. The van der Waals surface area contributed by atoms with Gasteiger partial charge in [0.15, 0.2) is 6.10 Å². The van der Waals surface area contributed by atoms with Gasteiger partial charge < -0.3 is 27.9 Å². The summed E-state index contributed by atoms with van der Waals surface area (Å²) in [5.74, 6) is -0.813. The number of ether oxygens (including phenoxy) is 2. The van der Waals surface area contributed by atoms with Crippen molar-refractivity contribution < 1.29 is 42.1 Å². The van der Waals surface area contributed by atoms with Gasteiger partial charge in [0.05, 0.1) is 27.7 Å². The first-order valence-corrected chi connectivity index (χ1v) is 32.4. The van der Waals surface area contributed by atoms with Gasteiger partial charge in [0.1, 0.15) is 19.8 Å². The van der Waals surface area contributed by atoms with Gasteiger partial charge in [-0.1, -0.05) is 276 Å². The van der Waals surface area contributed by atoms with Crippen molar-refractivity contribution >= 4 is 19.8 Å². The molecule has 0 saturated heterocycles. The van der Waals surface area contributed by atoms with E-state index in [1.807, 2.05) is 21.1 Å². The van der Waals surface area contributed by atoms with E-state index in [0.29, 0.717) is 17.4 Å². The van der Waals surface area contributed by atoms with Crippen LogP contribution in [0.2, 0.25) is 0 Å². The average Bonchev–Trinajstić information content (AvgIpc) is 3.33. The average molecular weight is 1030 g/mol. The van der Waals surface area contributed by atoms with Gasteiger partial charge >= 0.3 is 11.9 Å². The maximum atomic E-state index is 12.8. The Bertz CT molecular complexity index is 1210. The Morgan fingerprint density at radius 3 is 1.04 bits per heavy atom. The number of carbonyl (C=O) groups is 2.